The molecule has 0 aromatic rings. The number of nitrogens with zero attached hydrogens (tertiary/aromatic N) is 1. The predicted molar refractivity (Wildman–Crippen MR) is 66.6 cm³/mol. The van der Waals surface area contributed by atoms with E-state index in [-0.39, 0.29) is 17.9 Å². The van der Waals surface area contributed by atoms with Crippen LogP contribution in [0.2, 0.25) is 0 Å². The van der Waals surface area contributed by atoms with Crippen LogP contribution in [0.5, 0.6) is 0 Å². The highest BCUT2D eigenvalue weighted by Gasteiger charge is 2.30. The summed E-state index contributed by atoms with van der Waals surface area (Å²) in [5.41, 5.74) is 0. The Kier molecular flexibility index (Phi) is 5.97. The maximum absolute atomic E-state index is 11.9. The number of carbonyl (C=O) groups excluding carboxylic acids is 2. The standard InChI is InChI=1S/C12H23N3O2/c1-3-7-14-11(16)6-9-15-8-5-10(12(15)17)13-4-2/h10,13H,3-9H2,1-2H3,(H,14,16). The summed E-state index contributed by atoms with van der Waals surface area (Å²) in [6, 6.07) is -0.0429. The van der Waals surface area contributed by atoms with Crippen LogP contribution in [0.15, 0.2) is 0 Å². The van der Waals surface area contributed by atoms with E-state index in [0.29, 0.717) is 19.5 Å². The van der Waals surface area contributed by atoms with Crippen molar-refractivity contribution in [2.75, 3.05) is 26.2 Å². The van der Waals surface area contributed by atoms with E-state index in [2.05, 4.69) is 10.6 Å². The van der Waals surface area contributed by atoms with E-state index in [9.17, 15) is 9.59 Å². The fourth-order valence-corrected chi connectivity index (χ4v) is 1.99. The molecule has 0 bridgehead atoms. The molecule has 0 spiro atoms. The summed E-state index contributed by atoms with van der Waals surface area (Å²) in [5, 5.41) is 5.97. The number of rotatable bonds is 7. The van der Waals surface area contributed by atoms with Crippen LogP contribution >= 0.6 is 0 Å². The third-order valence-corrected chi connectivity index (χ3v) is 2.93. The topological polar surface area (TPSA) is 61.4 Å². The van der Waals surface area contributed by atoms with Crippen molar-refractivity contribution in [3.63, 3.8) is 0 Å². The minimum absolute atomic E-state index is 0.0338. The largest absolute Gasteiger partial charge is 0.356 e. The van der Waals surface area contributed by atoms with Crippen molar-refractivity contribution in [2.24, 2.45) is 0 Å². The highest BCUT2D eigenvalue weighted by molar-refractivity contribution is 5.84. The van der Waals surface area contributed by atoms with Crippen LogP contribution in [-0.2, 0) is 9.59 Å². The first-order valence-electron chi connectivity index (χ1n) is 6.47. The van der Waals surface area contributed by atoms with Gasteiger partial charge in [0, 0.05) is 26.1 Å². The number of amides is 2. The van der Waals surface area contributed by atoms with Crippen molar-refractivity contribution in [3.05, 3.63) is 0 Å². The van der Waals surface area contributed by atoms with Crippen LogP contribution in [-0.4, -0.2) is 48.9 Å². The Hall–Kier alpha value is -1.10. The molecule has 2 N–H and O–H groups in total. The molecule has 5 nitrogen and oxygen atoms in total. The highest BCUT2D eigenvalue weighted by atomic mass is 16.2. The zero-order valence-corrected chi connectivity index (χ0v) is 10.8. The van der Waals surface area contributed by atoms with Gasteiger partial charge in [0.2, 0.25) is 11.8 Å². The van der Waals surface area contributed by atoms with Gasteiger partial charge >= 0.3 is 0 Å². The van der Waals surface area contributed by atoms with Gasteiger partial charge in [0.05, 0.1) is 6.04 Å². The van der Waals surface area contributed by atoms with E-state index in [1.807, 2.05) is 13.8 Å². The molecule has 0 aliphatic carbocycles. The second kappa shape index (κ2) is 7.27. The molecule has 1 aliphatic rings. The Bertz CT molecular complexity index is 268. The zero-order valence-electron chi connectivity index (χ0n) is 10.8. The van der Waals surface area contributed by atoms with Crippen LogP contribution in [0.1, 0.15) is 33.1 Å². The lowest BCUT2D eigenvalue weighted by Crippen LogP contribution is -2.39. The van der Waals surface area contributed by atoms with Crippen LogP contribution in [0.4, 0.5) is 0 Å². The third kappa shape index (κ3) is 4.34. The van der Waals surface area contributed by atoms with E-state index >= 15 is 0 Å². The fourth-order valence-electron chi connectivity index (χ4n) is 1.99. The van der Waals surface area contributed by atoms with Crippen LogP contribution in [0.25, 0.3) is 0 Å². The predicted octanol–water partition coefficient (Wildman–Crippen LogP) is 0.113. The van der Waals surface area contributed by atoms with Crippen molar-refractivity contribution >= 4 is 11.8 Å². The summed E-state index contributed by atoms with van der Waals surface area (Å²) in [5.74, 6) is 0.168. The van der Waals surface area contributed by atoms with Crippen molar-refractivity contribution in [1.29, 1.82) is 0 Å². The molecule has 1 aliphatic heterocycles. The zero-order chi connectivity index (χ0) is 12.7. The molecule has 1 rings (SSSR count). The normalized spacial score (nSPS) is 19.8. The second-order valence-corrected chi connectivity index (χ2v) is 4.32. The summed E-state index contributed by atoms with van der Waals surface area (Å²) in [4.78, 5) is 25.0. The van der Waals surface area contributed by atoms with Crippen molar-refractivity contribution in [3.8, 4) is 0 Å². The molecular weight excluding hydrogens is 218 g/mol. The Morgan fingerprint density at radius 2 is 2.24 bits per heavy atom. The summed E-state index contributed by atoms with van der Waals surface area (Å²) in [6.07, 6.45) is 2.20. The molecule has 1 atom stereocenters. The monoisotopic (exact) mass is 241 g/mol. The fraction of sp³-hybridized carbons (Fsp3) is 0.833. The maximum Gasteiger partial charge on any atom is 0.239 e. The third-order valence-electron chi connectivity index (χ3n) is 2.93. The Morgan fingerprint density at radius 1 is 1.47 bits per heavy atom. The first kappa shape index (κ1) is 14.0. The van der Waals surface area contributed by atoms with E-state index in [1.165, 1.54) is 0 Å². The van der Waals surface area contributed by atoms with Crippen LogP contribution in [0, 0.1) is 0 Å². The number of likely N-dealkylation sites (tertiary alicyclic amines) is 1. The highest BCUT2D eigenvalue weighted by Crippen LogP contribution is 2.11. The molecule has 1 unspecified atom stereocenters. The van der Waals surface area contributed by atoms with Gasteiger partial charge in [-0.2, -0.15) is 0 Å². The second-order valence-electron chi connectivity index (χ2n) is 4.32. The smallest absolute Gasteiger partial charge is 0.239 e. The van der Waals surface area contributed by atoms with Gasteiger partial charge in [-0.3, -0.25) is 9.59 Å². The lowest BCUT2D eigenvalue weighted by Gasteiger charge is -2.16. The summed E-state index contributed by atoms with van der Waals surface area (Å²) >= 11 is 0. The number of nitrogens with one attached hydrogen (secondary N) is 2. The molecule has 1 heterocycles. The van der Waals surface area contributed by atoms with E-state index in [4.69, 9.17) is 0 Å². The van der Waals surface area contributed by atoms with Crippen LogP contribution in [0.3, 0.4) is 0 Å². The Labute approximate surface area is 103 Å². The molecule has 0 radical (unpaired) electrons. The molecule has 5 heteroatoms. The van der Waals surface area contributed by atoms with Gasteiger partial charge in [-0.25, -0.2) is 0 Å². The van der Waals surface area contributed by atoms with Crippen molar-refractivity contribution in [2.45, 2.75) is 39.2 Å². The molecule has 0 aromatic heterocycles. The summed E-state index contributed by atoms with van der Waals surface area (Å²) in [7, 11) is 0. The summed E-state index contributed by atoms with van der Waals surface area (Å²) < 4.78 is 0. The number of hydrogen-bond acceptors (Lipinski definition) is 3. The molecule has 1 fully saturated rings. The Balaban J connectivity index is 2.24. The molecular formula is C12H23N3O2. The van der Waals surface area contributed by atoms with Gasteiger partial charge < -0.3 is 15.5 Å². The number of hydrogen-bond donors (Lipinski definition) is 2. The molecule has 2 amide bonds. The van der Waals surface area contributed by atoms with E-state index < -0.39 is 0 Å². The first-order valence-corrected chi connectivity index (χ1v) is 6.47. The van der Waals surface area contributed by atoms with Gasteiger partial charge in [-0.15, -0.1) is 0 Å². The van der Waals surface area contributed by atoms with Gasteiger partial charge in [0.25, 0.3) is 0 Å². The number of carbonyl (C=O) groups is 2. The first-order chi connectivity index (χ1) is 8.19. The Morgan fingerprint density at radius 3 is 2.88 bits per heavy atom. The minimum atomic E-state index is -0.0429. The maximum atomic E-state index is 11.9. The lowest BCUT2D eigenvalue weighted by molar-refractivity contribution is -0.130. The van der Waals surface area contributed by atoms with Gasteiger partial charge in [0.15, 0.2) is 0 Å². The average Bonchev–Trinajstić information content (AvgIpc) is 2.66. The van der Waals surface area contributed by atoms with Crippen LogP contribution < -0.4 is 10.6 Å². The minimum Gasteiger partial charge on any atom is -0.356 e. The van der Waals surface area contributed by atoms with Gasteiger partial charge in [0.1, 0.15) is 0 Å². The average molecular weight is 241 g/mol. The van der Waals surface area contributed by atoms with Gasteiger partial charge in [-0.05, 0) is 19.4 Å². The molecule has 1 saturated heterocycles. The molecule has 98 valence electrons. The summed E-state index contributed by atoms with van der Waals surface area (Å²) in [6.45, 7) is 6.83. The lowest BCUT2D eigenvalue weighted by atomic mass is 10.2. The van der Waals surface area contributed by atoms with Crippen molar-refractivity contribution < 1.29 is 9.59 Å². The van der Waals surface area contributed by atoms with E-state index in [0.717, 1.165) is 25.9 Å². The SMILES string of the molecule is CCCNC(=O)CCN1CCC(NCC)C1=O. The van der Waals surface area contributed by atoms with Crippen molar-refractivity contribution in [1.82, 2.24) is 15.5 Å². The van der Waals surface area contributed by atoms with Gasteiger partial charge in [-0.1, -0.05) is 13.8 Å². The molecule has 0 aromatic carbocycles. The molecule has 0 saturated carbocycles. The quantitative estimate of drug-likeness (QED) is 0.665. The van der Waals surface area contributed by atoms with E-state index in [1.54, 1.807) is 4.90 Å². The number of likely N-dealkylation sites (N-methyl/N-ethyl adjacent to an activating group) is 1. The molecule has 17 heavy (non-hydrogen) atoms.